The van der Waals surface area contributed by atoms with Crippen LogP contribution in [0.3, 0.4) is 0 Å². The Morgan fingerprint density at radius 1 is 1.56 bits per heavy atom. The summed E-state index contributed by atoms with van der Waals surface area (Å²) in [6.07, 6.45) is 0.411. The Balaban J connectivity index is 2.02. The number of carbonyl (C=O) groups is 1. The van der Waals surface area contributed by atoms with E-state index in [-0.39, 0.29) is 6.10 Å². The van der Waals surface area contributed by atoms with E-state index in [1.807, 2.05) is 0 Å². The standard InChI is InChI=1S/C7H8O2/c1-2-3-4(2)6-7(9-6)5(3)8/h2-4,6-7H,1H3/t2-,3-,4+,6-,7+/m1/s1. The van der Waals surface area contributed by atoms with Crippen LogP contribution in [0.25, 0.3) is 0 Å². The average molecular weight is 124 g/mol. The summed E-state index contributed by atoms with van der Waals surface area (Å²) in [4.78, 5) is 11.1. The number of hydrogen-bond acceptors (Lipinski definition) is 2. The molecule has 0 N–H and O–H groups in total. The number of carbonyl (C=O) groups excluding carboxylic acids is 1. The summed E-state index contributed by atoms with van der Waals surface area (Å²) in [5.74, 6) is 2.06. The van der Waals surface area contributed by atoms with E-state index in [1.165, 1.54) is 0 Å². The number of Topliss-reactive ketones (excluding diaryl/α,β-unsaturated/α-hetero) is 1. The van der Waals surface area contributed by atoms with E-state index in [9.17, 15) is 4.79 Å². The smallest absolute Gasteiger partial charge is 0.167 e. The van der Waals surface area contributed by atoms with Gasteiger partial charge in [-0.25, -0.2) is 0 Å². The zero-order chi connectivity index (χ0) is 6.17. The Hall–Kier alpha value is -0.370. The van der Waals surface area contributed by atoms with Crippen LogP contribution < -0.4 is 0 Å². The fraction of sp³-hybridized carbons (Fsp3) is 0.857. The molecule has 1 heterocycles. The molecule has 5 atom stereocenters. The number of hydrogen-bond donors (Lipinski definition) is 0. The second-order valence-corrected chi connectivity index (χ2v) is 3.39. The normalized spacial score (nSPS) is 67.2. The highest BCUT2D eigenvalue weighted by Crippen LogP contribution is 2.62. The Bertz CT molecular complexity index is 199. The van der Waals surface area contributed by atoms with Gasteiger partial charge in [-0.3, -0.25) is 4.79 Å². The molecule has 9 heavy (non-hydrogen) atoms. The van der Waals surface area contributed by atoms with Crippen molar-refractivity contribution in [2.24, 2.45) is 17.8 Å². The van der Waals surface area contributed by atoms with E-state index in [0.717, 1.165) is 0 Å². The van der Waals surface area contributed by atoms with Crippen LogP contribution in [-0.2, 0) is 9.53 Å². The summed E-state index contributed by atoms with van der Waals surface area (Å²) in [7, 11) is 0. The lowest BCUT2D eigenvalue weighted by molar-refractivity contribution is -0.121. The van der Waals surface area contributed by atoms with Gasteiger partial charge in [0.2, 0.25) is 0 Å². The van der Waals surface area contributed by atoms with Crippen LogP contribution in [0, 0.1) is 17.8 Å². The van der Waals surface area contributed by atoms with E-state index >= 15 is 0 Å². The van der Waals surface area contributed by atoms with Crippen molar-refractivity contribution < 1.29 is 9.53 Å². The predicted molar refractivity (Wildman–Crippen MR) is 29.8 cm³/mol. The van der Waals surface area contributed by atoms with Crippen molar-refractivity contribution in [3.05, 3.63) is 0 Å². The SMILES string of the molecule is C[C@@H]1[C@H]2C(=O)[C@@H]3O[C@@H]3[C@@H]12. The summed E-state index contributed by atoms with van der Waals surface area (Å²) < 4.78 is 5.14. The van der Waals surface area contributed by atoms with E-state index in [1.54, 1.807) is 0 Å². The van der Waals surface area contributed by atoms with Crippen LogP contribution in [0.5, 0.6) is 0 Å². The maximum absolute atomic E-state index is 11.1. The van der Waals surface area contributed by atoms with Crippen LogP contribution in [0.15, 0.2) is 0 Å². The van der Waals surface area contributed by atoms with Crippen LogP contribution in [-0.4, -0.2) is 18.0 Å². The Morgan fingerprint density at radius 3 is 2.78 bits per heavy atom. The lowest BCUT2D eigenvalue weighted by Gasteiger charge is -1.86. The minimum atomic E-state index is 0.0520. The molecule has 0 bridgehead atoms. The van der Waals surface area contributed by atoms with Crippen molar-refractivity contribution in [2.45, 2.75) is 19.1 Å². The molecule has 0 aromatic rings. The lowest BCUT2D eigenvalue weighted by Crippen LogP contribution is -2.07. The highest BCUT2D eigenvalue weighted by molar-refractivity contribution is 5.95. The molecule has 0 spiro atoms. The van der Waals surface area contributed by atoms with Gasteiger partial charge < -0.3 is 4.74 Å². The molecule has 48 valence electrons. The minimum absolute atomic E-state index is 0.0520. The number of ketones is 1. The van der Waals surface area contributed by atoms with Crippen LogP contribution >= 0.6 is 0 Å². The van der Waals surface area contributed by atoms with Gasteiger partial charge in [0, 0.05) is 11.8 Å². The van der Waals surface area contributed by atoms with Crippen LogP contribution in [0.1, 0.15) is 6.92 Å². The monoisotopic (exact) mass is 124 g/mol. The van der Waals surface area contributed by atoms with E-state index in [2.05, 4.69) is 6.92 Å². The molecule has 3 aliphatic rings. The maximum atomic E-state index is 11.1. The Morgan fingerprint density at radius 2 is 2.33 bits per heavy atom. The zero-order valence-electron chi connectivity index (χ0n) is 5.20. The quantitative estimate of drug-likeness (QED) is 0.432. The first-order chi connectivity index (χ1) is 4.30. The number of epoxide rings is 1. The van der Waals surface area contributed by atoms with Gasteiger partial charge in [-0.2, -0.15) is 0 Å². The number of fused-ring (bicyclic) bond motifs is 3. The highest BCUT2D eigenvalue weighted by Gasteiger charge is 2.73. The molecular weight excluding hydrogens is 116 g/mol. The topological polar surface area (TPSA) is 29.6 Å². The van der Waals surface area contributed by atoms with Gasteiger partial charge in [0.25, 0.3) is 0 Å². The largest absolute Gasteiger partial charge is 0.361 e. The third-order valence-electron chi connectivity index (χ3n) is 2.96. The van der Waals surface area contributed by atoms with Gasteiger partial charge in [-0.05, 0) is 5.92 Å². The summed E-state index contributed by atoms with van der Waals surface area (Å²) in [6.45, 7) is 2.14. The Labute approximate surface area is 53.2 Å². The summed E-state index contributed by atoms with van der Waals surface area (Å²) >= 11 is 0. The molecule has 1 aliphatic heterocycles. The van der Waals surface area contributed by atoms with Crippen molar-refractivity contribution in [1.29, 1.82) is 0 Å². The van der Waals surface area contributed by atoms with Gasteiger partial charge in [0.05, 0.1) is 6.10 Å². The molecule has 0 aromatic heterocycles. The van der Waals surface area contributed by atoms with E-state index < -0.39 is 0 Å². The molecule has 1 saturated heterocycles. The van der Waals surface area contributed by atoms with Crippen molar-refractivity contribution in [3.8, 4) is 0 Å². The summed E-state index contributed by atoms with van der Waals surface area (Å²) in [5, 5.41) is 0. The fourth-order valence-corrected chi connectivity index (χ4v) is 2.28. The molecule has 3 rings (SSSR count). The third-order valence-corrected chi connectivity index (χ3v) is 2.96. The first kappa shape index (κ1) is 4.45. The second kappa shape index (κ2) is 0.966. The molecule has 2 aliphatic carbocycles. The molecule has 0 radical (unpaired) electrons. The van der Waals surface area contributed by atoms with Crippen molar-refractivity contribution in [2.75, 3.05) is 0 Å². The van der Waals surface area contributed by atoms with Gasteiger partial charge in [0.1, 0.15) is 6.10 Å². The van der Waals surface area contributed by atoms with E-state index in [4.69, 9.17) is 4.74 Å². The fourth-order valence-electron chi connectivity index (χ4n) is 2.28. The molecule has 2 nitrogen and oxygen atoms in total. The number of rotatable bonds is 0. The first-order valence-electron chi connectivity index (χ1n) is 3.50. The van der Waals surface area contributed by atoms with Crippen molar-refractivity contribution >= 4 is 5.78 Å². The molecule has 3 fully saturated rings. The van der Waals surface area contributed by atoms with Gasteiger partial charge >= 0.3 is 0 Å². The predicted octanol–water partition coefficient (Wildman–Crippen LogP) is 0.219. The van der Waals surface area contributed by atoms with Crippen molar-refractivity contribution in [1.82, 2.24) is 0 Å². The highest BCUT2D eigenvalue weighted by atomic mass is 16.6. The lowest BCUT2D eigenvalue weighted by atomic mass is 10.2. The first-order valence-corrected chi connectivity index (χ1v) is 3.50. The molecule has 2 heteroatoms. The molecule has 0 amide bonds. The molecular formula is C7H8O2. The van der Waals surface area contributed by atoms with Crippen LogP contribution in [0.4, 0.5) is 0 Å². The zero-order valence-corrected chi connectivity index (χ0v) is 5.20. The third kappa shape index (κ3) is 0.317. The van der Waals surface area contributed by atoms with Gasteiger partial charge in [-0.1, -0.05) is 6.92 Å². The van der Waals surface area contributed by atoms with Crippen molar-refractivity contribution in [3.63, 3.8) is 0 Å². The van der Waals surface area contributed by atoms with E-state index in [0.29, 0.717) is 29.6 Å². The average Bonchev–Trinajstić information content (AvgIpc) is 2.60. The second-order valence-electron chi connectivity index (χ2n) is 3.39. The maximum Gasteiger partial charge on any atom is 0.167 e. The molecule has 0 aromatic carbocycles. The van der Waals surface area contributed by atoms with Gasteiger partial charge in [0.15, 0.2) is 5.78 Å². The summed E-state index contributed by atoms with van der Waals surface area (Å²) in [5.41, 5.74) is 0. The Kier molecular flexibility index (Phi) is 0.477. The molecule has 0 unspecified atom stereocenters. The number of ether oxygens (including phenoxy) is 1. The van der Waals surface area contributed by atoms with Crippen LogP contribution in [0.2, 0.25) is 0 Å². The minimum Gasteiger partial charge on any atom is -0.361 e. The summed E-state index contributed by atoms with van der Waals surface area (Å²) in [6, 6.07) is 0. The van der Waals surface area contributed by atoms with Gasteiger partial charge in [-0.15, -0.1) is 0 Å². The molecule has 2 saturated carbocycles.